The Labute approximate surface area is 876 Å². The predicted molar refractivity (Wildman–Crippen MR) is 551 cm³/mol. The van der Waals surface area contributed by atoms with Crippen molar-refractivity contribution in [2.24, 2.45) is 69.9 Å². The molecule has 20 atom stereocenters. The van der Waals surface area contributed by atoms with Gasteiger partial charge in [0.15, 0.2) is 6.04 Å². The van der Waals surface area contributed by atoms with E-state index in [1.54, 1.807) is 89.3 Å². The van der Waals surface area contributed by atoms with Crippen molar-refractivity contribution >= 4 is 130 Å². The van der Waals surface area contributed by atoms with Crippen molar-refractivity contribution < 1.29 is 129 Å². The third kappa shape index (κ3) is 50.3. The highest BCUT2D eigenvalue weighted by Gasteiger charge is 2.45. The minimum absolute atomic E-state index is 0.0219. The zero-order chi connectivity index (χ0) is 113. The molecule has 2 rings (SSSR count). The quantitative estimate of drug-likeness (QED) is 0.0213. The monoisotopic (exact) mass is 2140 g/mol. The van der Waals surface area contributed by atoms with Crippen molar-refractivity contribution in [1.29, 1.82) is 0 Å². The van der Waals surface area contributed by atoms with E-state index in [0.29, 0.717) is 82.4 Å². The molecule has 2 heterocycles. The lowest BCUT2D eigenvalue weighted by molar-refractivity contribution is -0.406. The number of thioether (sulfide) groups is 1. The molecule has 0 aromatic carbocycles. The Morgan fingerprint density at radius 1 is 0.430 bits per heavy atom. The molecule has 0 bridgehead atoms. The molecule has 19 amide bonds. The summed E-state index contributed by atoms with van der Waals surface area (Å²) in [5, 5.41) is 68.6. The van der Waals surface area contributed by atoms with Gasteiger partial charge >= 0.3 is 5.97 Å². The Hall–Kier alpha value is -11.5. The van der Waals surface area contributed by atoms with E-state index >= 15 is 0 Å². The fourth-order valence-corrected chi connectivity index (χ4v) is 16.7. The Morgan fingerprint density at radius 2 is 0.805 bits per heavy atom. The lowest BCUT2D eigenvalue weighted by Gasteiger charge is -2.33. The lowest BCUT2D eigenvalue weighted by atomic mass is 9.96. The van der Waals surface area contributed by atoms with Crippen molar-refractivity contribution in [2.45, 2.75) is 365 Å². The average molecular weight is 2140 g/mol. The maximum Gasteiger partial charge on any atom is 0.326 e. The smallest absolute Gasteiger partial charge is 0.326 e. The SMILES string of the molecule is CC[C@H](C)[C@H](NC(=O)[C@H](Cc1cnc[nH]1)NC(=O)[C@H](C)NC(=O)[C@H](CCC(N)=O)NC(=O)[C@@H](NC(=O)[C@H](CCCNC(N)N)NC(=O)[C@H](CC(C)C)NC(=O)[C@H](CC(C)C)NC(=O)[C@H](CO)NC(=O)[C@@H]1CCCN1C(=O)[C@@H](NC(=O)[C@H](CC(N)=O)NC(=O)[C@@H]([NH3+])CCCC[NH3+])[C@@H](C)CC)C(C)C)C(=O)N[C@@H](CCCNC(N)N)C(=O)N[C@@H](CCCC[NH3+])C(=O)N[C@@H](CCCC[NH3+])C(=O)N[C@@H](CCSC)C(=O)N[C@H](C(=O)O)C(C)C. The maximum atomic E-state index is 15.0. The number of carbonyl (C=O) groups excluding carboxylic acids is 19. The number of carbonyl (C=O) groups is 20. The number of aliphatic hydroxyl groups excluding tert-OH is 1. The summed E-state index contributed by atoms with van der Waals surface area (Å²) in [5.41, 5.74) is 50.0. The summed E-state index contributed by atoms with van der Waals surface area (Å²) < 4.78 is 0. The van der Waals surface area contributed by atoms with E-state index in [1.807, 2.05) is 0 Å². The van der Waals surface area contributed by atoms with E-state index in [1.165, 1.54) is 36.1 Å². The number of nitrogens with zero attached hydrogens (tertiary/aromatic N) is 2. The van der Waals surface area contributed by atoms with E-state index in [-0.39, 0.29) is 109 Å². The topological polar surface area (TPSA) is 897 Å². The number of rotatable bonds is 77. The molecule has 0 saturated carbocycles. The zero-order valence-electron chi connectivity index (χ0n) is 89.4. The number of aromatic nitrogens is 2. The molecule has 45 N–H and O–H groups in total. The number of aromatic amines is 1. The van der Waals surface area contributed by atoms with Gasteiger partial charge in [0.1, 0.15) is 115 Å². The number of imidazole rings is 1. The van der Waals surface area contributed by atoms with Crippen LogP contribution in [0.3, 0.4) is 0 Å². The van der Waals surface area contributed by atoms with E-state index in [9.17, 15) is 106 Å². The Morgan fingerprint density at radius 3 is 1.23 bits per heavy atom. The molecule has 0 radical (unpaired) electrons. The van der Waals surface area contributed by atoms with Crippen LogP contribution in [0, 0.1) is 35.5 Å². The number of quaternary nitrogens is 4. The fraction of sp³-hybridized carbons (Fsp3) is 0.758. The molecule has 1 fully saturated rings. The molecule has 54 heteroatoms. The van der Waals surface area contributed by atoms with Crippen LogP contribution in [0.4, 0.5) is 0 Å². The molecule has 0 unspecified atom stereocenters. The molecule has 149 heavy (non-hydrogen) atoms. The fourth-order valence-electron chi connectivity index (χ4n) is 16.2. The van der Waals surface area contributed by atoms with Crippen LogP contribution in [0.5, 0.6) is 0 Å². The van der Waals surface area contributed by atoms with Crippen LogP contribution < -0.4 is 153 Å². The number of hydrogen-bond donors (Lipinski definition) is 31. The van der Waals surface area contributed by atoms with Crippen LogP contribution in [0.25, 0.3) is 0 Å². The summed E-state index contributed by atoms with van der Waals surface area (Å²) in [6.07, 6.45) is 5.06. The van der Waals surface area contributed by atoms with Crippen LogP contribution in [0.1, 0.15) is 243 Å². The number of unbranched alkanes of at least 4 members (excludes halogenated alkanes) is 3. The molecule has 1 aliphatic rings. The molecule has 1 aromatic rings. The van der Waals surface area contributed by atoms with E-state index in [2.05, 4.69) is 129 Å². The first-order valence-electron chi connectivity index (χ1n) is 52.0. The number of amides is 19. The first-order valence-corrected chi connectivity index (χ1v) is 53.4. The average Bonchev–Trinajstić information content (AvgIpc) is 1.66. The van der Waals surface area contributed by atoms with Gasteiger partial charge in [-0.1, -0.05) is 95.9 Å². The number of likely N-dealkylation sites (tertiary alicyclic amines) is 1. The molecule has 1 aliphatic heterocycles. The Bertz CT molecular complexity index is 4410. The van der Waals surface area contributed by atoms with Crippen molar-refractivity contribution in [3.05, 3.63) is 18.2 Å². The number of aliphatic carboxylic acids is 1. The minimum Gasteiger partial charge on any atom is -0.480 e. The first kappa shape index (κ1) is 134. The minimum atomic E-state index is -1.73. The number of nitrogens with one attached hydrogen (secondary N) is 19. The highest BCUT2D eigenvalue weighted by molar-refractivity contribution is 7.98. The van der Waals surface area contributed by atoms with Crippen LogP contribution in [-0.2, 0) is 102 Å². The highest BCUT2D eigenvalue weighted by Crippen LogP contribution is 2.24. The Kier molecular flexibility index (Phi) is 63.9. The third-order valence-electron chi connectivity index (χ3n) is 25.4. The summed E-state index contributed by atoms with van der Waals surface area (Å²) in [5.74, 6) is -20.9. The second-order valence-electron chi connectivity index (χ2n) is 39.8. The van der Waals surface area contributed by atoms with Crippen molar-refractivity contribution in [3.63, 3.8) is 0 Å². The van der Waals surface area contributed by atoms with Crippen molar-refractivity contribution in [1.82, 2.24) is 111 Å². The van der Waals surface area contributed by atoms with Gasteiger partial charge in [-0.25, -0.2) is 9.78 Å². The summed E-state index contributed by atoms with van der Waals surface area (Å²) in [7, 11) is 0. The van der Waals surface area contributed by atoms with Gasteiger partial charge in [0, 0.05) is 37.7 Å². The second-order valence-corrected chi connectivity index (χ2v) is 40.8. The number of primary amides is 2. The third-order valence-corrected chi connectivity index (χ3v) is 26.0. The largest absolute Gasteiger partial charge is 0.480 e. The molecule has 0 spiro atoms. The molecule has 1 saturated heterocycles. The number of nitrogens with two attached hydrogens (primary N) is 6. The van der Waals surface area contributed by atoms with Crippen LogP contribution in [-0.4, -0.2) is 323 Å². The molecular weight excluding hydrogens is 1960 g/mol. The summed E-state index contributed by atoms with van der Waals surface area (Å²) in [6, 6.07) is -25.3. The predicted octanol–water partition coefficient (Wildman–Crippen LogP) is -10.8. The number of carboxylic acid groups (broad SMARTS) is 1. The zero-order valence-corrected chi connectivity index (χ0v) is 90.3. The standard InChI is InChI=1S/C95H175N31O22S/c1-15-53(11)74(91(145)115-60(29-23-38-107-94(102)103)81(135)112-58(27-18-21-36-97)79(133)111-59(28-19-22-37-98)80(134)114-63(34-41-149-14)83(137)123-73(52(9)10)93(147)148)124-86(140)66(44-56-46-106-48-109-56)117-76(130)55(13)110-78(132)62(32-33-70(100)128)116-90(144)72(51(7)8)122-82(136)61(30-24-39-108-95(104)105)113-84(138)64(42-49(3)4)119-85(139)65(43-50(5)6)120-88(142)68(47-127)121-89(143)69-31-25-40-126(69)92(146)75(54(12)16-2)125-87(141)67(45-71(101)129)118-77(131)57(99)26-17-20-35-96/h46,48-55,57-69,72-75,94-95,107-108,127H,15-45,47,96-99,102-105H2,1-14H3,(H2,100,128)(H2,101,129)(H,106,109)(H,110,132)(H,111,133)(H,112,135)(H,113,138)(H,114,134)(H,115,145)(H,116,144)(H,117,130)(H,118,131)(H,119,139)(H,120,142)(H,121,143)(H,122,136)(H,123,137)(H,124,140)(H,125,141)(H,147,148)/p+4/t53-,54-,55-,57-,58-,59-,60-,61-,62-,63-,64-,65-,66-,67-,68-,69-,72-,73-,74-,75-/m0/s1. The van der Waals surface area contributed by atoms with Gasteiger partial charge in [-0.3, -0.25) is 102 Å². The summed E-state index contributed by atoms with van der Waals surface area (Å²) in [6.45, 7) is 22.1. The van der Waals surface area contributed by atoms with E-state index in [4.69, 9.17) is 34.4 Å². The van der Waals surface area contributed by atoms with E-state index in [0.717, 1.165) is 6.42 Å². The number of H-pyrrole nitrogens is 1. The van der Waals surface area contributed by atoms with Crippen molar-refractivity contribution in [3.8, 4) is 0 Å². The first-order chi connectivity index (χ1) is 70.2. The lowest BCUT2D eigenvalue weighted by Crippen LogP contribution is -2.69. The normalized spacial score (nSPS) is 16.4. The molecule has 848 valence electrons. The second kappa shape index (κ2) is 71.3. The number of carboxylic acids is 1. The summed E-state index contributed by atoms with van der Waals surface area (Å²) in [4.78, 5) is 291. The van der Waals surface area contributed by atoms with Crippen LogP contribution >= 0.6 is 11.8 Å². The van der Waals surface area contributed by atoms with Crippen LogP contribution in [0.15, 0.2) is 12.5 Å². The van der Waals surface area contributed by atoms with Gasteiger partial charge in [-0.15, -0.1) is 0 Å². The highest BCUT2D eigenvalue weighted by atomic mass is 32.2. The van der Waals surface area contributed by atoms with Crippen molar-refractivity contribution in [2.75, 3.05) is 57.9 Å². The van der Waals surface area contributed by atoms with E-state index < -0.39 is 289 Å². The number of hydrogen-bond acceptors (Lipinski definition) is 29. The Balaban J connectivity index is 2.57. The van der Waals surface area contributed by atoms with Gasteiger partial charge in [0.25, 0.3) is 5.91 Å². The maximum absolute atomic E-state index is 15.0. The van der Waals surface area contributed by atoms with Gasteiger partial charge in [-0.05, 0) is 183 Å². The molecular formula is C95H179N31O22S+4. The molecule has 1 aromatic heterocycles. The van der Waals surface area contributed by atoms with Gasteiger partial charge in [-0.2, -0.15) is 11.8 Å². The molecule has 0 aliphatic carbocycles. The number of aliphatic hydroxyl groups is 1. The summed E-state index contributed by atoms with van der Waals surface area (Å²) >= 11 is 1.38. The van der Waals surface area contributed by atoms with Gasteiger partial charge in [0.2, 0.25) is 106 Å². The van der Waals surface area contributed by atoms with Crippen LogP contribution in [0.2, 0.25) is 0 Å². The van der Waals surface area contributed by atoms with Gasteiger partial charge in [0.05, 0.1) is 39.0 Å². The molecule has 53 nitrogen and oxygen atoms in total. The van der Waals surface area contributed by atoms with Gasteiger partial charge < -0.3 is 163 Å².